The summed E-state index contributed by atoms with van der Waals surface area (Å²) in [7, 11) is 0. The van der Waals surface area contributed by atoms with Crippen molar-refractivity contribution in [1.29, 1.82) is 0 Å². The Morgan fingerprint density at radius 2 is 1.93 bits per heavy atom. The van der Waals surface area contributed by atoms with Crippen LogP contribution in [0.4, 0.5) is 10.5 Å². The van der Waals surface area contributed by atoms with Gasteiger partial charge < -0.3 is 24.1 Å². The molecule has 0 unspecified atom stereocenters. The molecule has 0 fully saturated rings. The maximum atomic E-state index is 12.7. The fourth-order valence-corrected chi connectivity index (χ4v) is 2.47. The number of ether oxygens (including phenoxy) is 2. The van der Waals surface area contributed by atoms with Crippen LogP contribution >= 0.6 is 0 Å². The predicted octanol–water partition coefficient (Wildman–Crippen LogP) is 4.45. The van der Waals surface area contributed by atoms with Crippen molar-refractivity contribution in [3.63, 3.8) is 0 Å². The highest BCUT2D eigenvalue weighted by molar-refractivity contribution is 5.89. The van der Waals surface area contributed by atoms with Gasteiger partial charge in [-0.15, -0.1) is 0 Å². The number of anilines is 1. The molecule has 1 N–H and O–H groups in total. The SMILES string of the molecule is CCCCOc1ccc(NC(=O)N(CCC(=O)OCC)Cc2ccco2)cc1. The molecule has 7 nitrogen and oxygen atoms in total. The molecule has 0 bridgehead atoms. The average molecular weight is 388 g/mol. The van der Waals surface area contributed by atoms with Crippen LogP contribution in [-0.4, -0.2) is 36.7 Å². The van der Waals surface area contributed by atoms with Crippen LogP contribution in [0.25, 0.3) is 0 Å². The fourth-order valence-electron chi connectivity index (χ4n) is 2.47. The van der Waals surface area contributed by atoms with Crippen LogP contribution in [0.2, 0.25) is 0 Å². The van der Waals surface area contributed by atoms with Gasteiger partial charge in [0.15, 0.2) is 0 Å². The van der Waals surface area contributed by atoms with Crippen molar-refractivity contribution < 1.29 is 23.5 Å². The van der Waals surface area contributed by atoms with Crippen molar-refractivity contribution >= 4 is 17.7 Å². The van der Waals surface area contributed by atoms with Crippen molar-refractivity contribution in [2.45, 2.75) is 39.7 Å². The Kier molecular flexibility index (Phi) is 8.91. The average Bonchev–Trinajstić information content (AvgIpc) is 3.20. The number of benzene rings is 1. The minimum atomic E-state index is -0.340. The second-order valence-corrected chi connectivity index (χ2v) is 6.21. The molecule has 0 aliphatic rings. The van der Waals surface area contributed by atoms with Gasteiger partial charge in [-0.25, -0.2) is 4.79 Å². The standard InChI is InChI=1S/C21H28N2O5/c1-3-5-14-27-18-10-8-17(9-11-18)22-21(25)23(13-12-20(24)26-4-2)16-19-7-6-15-28-19/h6-11,15H,3-5,12-14,16H2,1-2H3,(H,22,25). The first-order valence-corrected chi connectivity index (χ1v) is 9.59. The number of hydrogen-bond donors (Lipinski definition) is 1. The van der Waals surface area contributed by atoms with E-state index < -0.39 is 0 Å². The van der Waals surface area contributed by atoms with E-state index in [0.29, 0.717) is 24.7 Å². The molecule has 1 aromatic heterocycles. The minimum Gasteiger partial charge on any atom is -0.494 e. The van der Waals surface area contributed by atoms with Crippen LogP contribution in [0.3, 0.4) is 0 Å². The number of carbonyl (C=O) groups excluding carboxylic acids is 2. The summed E-state index contributed by atoms with van der Waals surface area (Å²) in [5, 5.41) is 2.84. The summed E-state index contributed by atoms with van der Waals surface area (Å²) in [6, 6.07) is 10.4. The maximum Gasteiger partial charge on any atom is 0.322 e. The molecule has 2 rings (SSSR count). The second kappa shape index (κ2) is 11.7. The van der Waals surface area contributed by atoms with Crippen LogP contribution in [0.1, 0.15) is 38.9 Å². The van der Waals surface area contributed by atoms with E-state index in [1.807, 2.05) is 12.1 Å². The Balaban J connectivity index is 1.95. The molecule has 2 amide bonds. The van der Waals surface area contributed by atoms with Crippen molar-refractivity contribution in [2.75, 3.05) is 25.1 Å². The lowest BCUT2D eigenvalue weighted by Crippen LogP contribution is -2.36. The van der Waals surface area contributed by atoms with Gasteiger partial charge in [-0.2, -0.15) is 0 Å². The maximum absolute atomic E-state index is 12.7. The molecule has 152 valence electrons. The molecule has 2 aromatic rings. The number of amides is 2. The highest BCUT2D eigenvalue weighted by atomic mass is 16.5. The normalized spacial score (nSPS) is 10.4. The molecule has 28 heavy (non-hydrogen) atoms. The highest BCUT2D eigenvalue weighted by Crippen LogP contribution is 2.17. The van der Waals surface area contributed by atoms with Gasteiger partial charge in [-0.1, -0.05) is 13.3 Å². The van der Waals surface area contributed by atoms with E-state index in [1.165, 1.54) is 4.90 Å². The lowest BCUT2D eigenvalue weighted by atomic mass is 10.3. The van der Waals surface area contributed by atoms with Crippen molar-refractivity contribution in [1.82, 2.24) is 4.90 Å². The number of unbranched alkanes of at least 4 members (excludes halogenated alkanes) is 1. The molecule has 0 saturated carbocycles. The van der Waals surface area contributed by atoms with Gasteiger partial charge in [0, 0.05) is 12.2 Å². The van der Waals surface area contributed by atoms with Gasteiger partial charge >= 0.3 is 12.0 Å². The van der Waals surface area contributed by atoms with E-state index in [0.717, 1.165) is 18.6 Å². The van der Waals surface area contributed by atoms with Gasteiger partial charge in [-0.3, -0.25) is 4.79 Å². The third-order valence-electron chi connectivity index (χ3n) is 3.98. The summed E-state index contributed by atoms with van der Waals surface area (Å²) in [5.41, 5.74) is 0.647. The van der Waals surface area contributed by atoms with Crippen molar-refractivity contribution in [3.8, 4) is 5.75 Å². The third kappa shape index (κ3) is 7.34. The van der Waals surface area contributed by atoms with Crippen molar-refractivity contribution in [2.24, 2.45) is 0 Å². The zero-order chi connectivity index (χ0) is 20.2. The Hall–Kier alpha value is -2.96. The molecule has 0 saturated heterocycles. The van der Waals surface area contributed by atoms with E-state index in [2.05, 4.69) is 12.2 Å². The molecule has 0 spiro atoms. The number of esters is 1. The van der Waals surface area contributed by atoms with Crippen LogP contribution in [-0.2, 0) is 16.1 Å². The summed E-state index contributed by atoms with van der Waals surface area (Å²) in [5.74, 6) is 1.06. The zero-order valence-corrected chi connectivity index (χ0v) is 16.5. The van der Waals surface area contributed by atoms with Crippen molar-refractivity contribution in [3.05, 3.63) is 48.4 Å². The van der Waals surface area contributed by atoms with Crippen LogP contribution < -0.4 is 10.1 Å². The van der Waals surface area contributed by atoms with Crippen LogP contribution in [0.15, 0.2) is 47.1 Å². The molecule has 7 heteroatoms. The van der Waals surface area contributed by atoms with E-state index in [-0.39, 0.29) is 31.5 Å². The van der Waals surface area contributed by atoms with E-state index in [1.54, 1.807) is 37.5 Å². The number of nitrogens with zero attached hydrogens (tertiary/aromatic N) is 1. The first-order valence-electron chi connectivity index (χ1n) is 9.59. The molecule has 0 aliphatic heterocycles. The summed E-state index contributed by atoms with van der Waals surface area (Å²) in [6.45, 7) is 5.34. The monoisotopic (exact) mass is 388 g/mol. The largest absolute Gasteiger partial charge is 0.494 e. The van der Waals surface area contributed by atoms with E-state index >= 15 is 0 Å². The van der Waals surface area contributed by atoms with Crippen LogP contribution in [0, 0.1) is 0 Å². The number of carbonyl (C=O) groups is 2. The number of hydrogen-bond acceptors (Lipinski definition) is 5. The lowest BCUT2D eigenvalue weighted by molar-refractivity contribution is -0.143. The van der Waals surface area contributed by atoms with E-state index in [9.17, 15) is 9.59 Å². The molecule has 0 radical (unpaired) electrons. The Morgan fingerprint density at radius 3 is 2.57 bits per heavy atom. The fraction of sp³-hybridized carbons (Fsp3) is 0.429. The smallest absolute Gasteiger partial charge is 0.322 e. The predicted molar refractivity (Wildman–Crippen MR) is 106 cm³/mol. The summed E-state index contributed by atoms with van der Waals surface area (Å²) in [6.07, 6.45) is 3.74. The summed E-state index contributed by atoms with van der Waals surface area (Å²) >= 11 is 0. The van der Waals surface area contributed by atoms with Gasteiger partial charge in [0.25, 0.3) is 0 Å². The minimum absolute atomic E-state index is 0.117. The van der Waals surface area contributed by atoms with Gasteiger partial charge in [0.1, 0.15) is 11.5 Å². The molecule has 1 aromatic carbocycles. The summed E-state index contributed by atoms with van der Waals surface area (Å²) < 4.78 is 15.9. The molecular formula is C21H28N2O5. The molecular weight excluding hydrogens is 360 g/mol. The number of furan rings is 1. The first-order chi connectivity index (χ1) is 13.6. The topological polar surface area (TPSA) is 81.0 Å². The Labute approximate surface area is 165 Å². The summed E-state index contributed by atoms with van der Waals surface area (Å²) in [4.78, 5) is 25.9. The second-order valence-electron chi connectivity index (χ2n) is 6.21. The van der Waals surface area contributed by atoms with Gasteiger partial charge in [0.05, 0.1) is 32.4 Å². The molecule has 0 aliphatic carbocycles. The molecule has 1 heterocycles. The Bertz CT molecular complexity index is 713. The van der Waals surface area contributed by atoms with E-state index in [4.69, 9.17) is 13.9 Å². The van der Waals surface area contributed by atoms with Crippen LogP contribution in [0.5, 0.6) is 5.75 Å². The zero-order valence-electron chi connectivity index (χ0n) is 16.5. The first kappa shape index (κ1) is 21.3. The molecule has 0 atom stereocenters. The number of urea groups is 1. The lowest BCUT2D eigenvalue weighted by Gasteiger charge is -2.22. The number of rotatable bonds is 11. The number of nitrogens with one attached hydrogen (secondary N) is 1. The van der Waals surface area contributed by atoms with Gasteiger partial charge in [0.2, 0.25) is 0 Å². The van der Waals surface area contributed by atoms with Gasteiger partial charge in [-0.05, 0) is 49.7 Å². The Morgan fingerprint density at radius 1 is 1.14 bits per heavy atom. The highest BCUT2D eigenvalue weighted by Gasteiger charge is 2.17. The quantitative estimate of drug-likeness (QED) is 0.454. The third-order valence-corrected chi connectivity index (χ3v) is 3.98.